The summed E-state index contributed by atoms with van der Waals surface area (Å²) in [5.74, 6) is 1.16. The molecule has 12 heteroatoms. The molecule has 0 spiro atoms. The first kappa shape index (κ1) is 62.6. The summed E-state index contributed by atoms with van der Waals surface area (Å²) in [5, 5.41) is 9.81. The lowest BCUT2D eigenvalue weighted by Crippen LogP contribution is -2.41. The van der Waals surface area contributed by atoms with Crippen molar-refractivity contribution in [3.63, 3.8) is 0 Å². The molecule has 9 nitrogen and oxygen atoms in total. The van der Waals surface area contributed by atoms with Crippen molar-refractivity contribution >= 4 is 73.7 Å². The van der Waals surface area contributed by atoms with Gasteiger partial charge in [-0.3, -0.25) is 0 Å². The molecule has 0 atom stereocenters. The molecular formula is C83H58BBrClN5O4. The molecule has 0 N–H and O–H groups in total. The molecule has 0 saturated carbocycles. The van der Waals surface area contributed by atoms with Crippen molar-refractivity contribution in [1.29, 1.82) is 5.26 Å². The van der Waals surface area contributed by atoms with Crippen LogP contribution in [0.2, 0.25) is 5.02 Å². The molecule has 14 aromatic rings. The fourth-order valence-corrected chi connectivity index (χ4v) is 12.1. The molecule has 0 unspecified atom stereocenters. The summed E-state index contributed by atoms with van der Waals surface area (Å²) in [7, 11) is -0.335. The summed E-state index contributed by atoms with van der Waals surface area (Å²) in [5.41, 5.74) is 22.3. The topological polar surface area (TPSA) is 103 Å². The van der Waals surface area contributed by atoms with Gasteiger partial charge in [0, 0.05) is 32.3 Å². The van der Waals surface area contributed by atoms with E-state index in [1.54, 1.807) is 6.07 Å². The molecule has 1 aliphatic heterocycles. The standard InChI is InChI=1S/C45H27N3O.C19H20BNO2.C19H11BrClNO/c1-47-41-25-23-36(24-26-41)34-11-13-37(14-12-34)40-27-42(38-19-15-35(16-20-38)32-9-7-30(29-46)8-10-32)44-43(28-40)49-45(48-44)39-21-17-33(18-22-39)31-5-3-2-4-6-31;1-18(2)19(3,4)23-20(22-18)16-10-6-14(7-11-16)15-8-12-17(21-5)13-9-15;20-16-10-15(21)11-17-18(16)22-19(23-17)14-8-6-13(7-9-14)12-4-2-1-3-5-12/h2-28H;6-13H,1-4H3;1-11H. The smallest absolute Gasteiger partial charge is 0.436 e. The molecule has 1 aliphatic rings. The number of nitriles is 1. The van der Waals surface area contributed by atoms with Crippen LogP contribution >= 0.6 is 27.5 Å². The van der Waals surface area contributed by atoms with Crippen molar-refractivity contribution in [3.05, 3.63) is 317 Å². The maximum atomic E-state index is 9.20. The third kappa shape index (κ3) is 13.8. The van der Waals surface area contributed by atoms with Crippen molar-refractivity contribution in [3.8, 4) is 107 Å². The monoisotopic (exact) mass is 1310 g/mol. The lowest BCUT2D eigenvalue weighted by atomic mass is 9.78. The van der Waals surface area contributed by atoms with E-state index in [0.717, 1.165) is 104 Å². The Labute approximate surface area is 566 Å². The highest BCUT2D eigenvalue weighted by Gasteiger charge is 2.51. The summed E-state index contributed by atoms with van der Waals surface area (Å²) in [6.07, 6.45) is 0. The summed E-state index contributed by atoms with van der Waals surface area (Å²) < 4.78 is 25.3. The predicted molar refractivity (Wildman–Crippen MR) is 389 cm³/mol. The lowest BCUT2D eigenvalue weighted by Gasteiger charge is -2.32. The third-order valence-corrected chi connectivity index (χ3v) is 18.1. The molecule has 2 aromatic heterocycles. The normalized spacial score (nSPS) is 12.8. The molecule has 95 heavy (non-hydrogen) atoms. The highest BCUT2D eigenvalue weighted by atomic mass is 79.9. The Kier molecular flexibility index (Phi) is 17.9. The highest BCUT2D eigenvalue weighted by molar-refractivity contribution is 9.10. The van der Waals surface area contributed by atoms with E-state index < -0.39 is 0 Å². The quantitative estimate of drug-likeness (QED) is 0.0992. The summed E-state index contributed by atoms with van der Waals surface area (Å²) in [4.78, 5) is 16.5. The number of hydrogen-bond acceptors (Lipinski definition) is 7. The zero-order valence-electron chi connectivity index (χ0n) is 52.3. The van der Waals surface area contributed by atoms with Crippen LogP contribution in [-0.4, -0.2) is 28.3 Å². The average Bonchev–Trinajstić information content (AvgIpc) is 1.71. The molecule has 0 radical (unpaired) electrons. The summed E-state index contributed by atoms with van der Waals surface area (Å²) in [6.45, 7) is 22.5. The molecule has 15 rings (SSSR count). The number of benzene rings is 12. The van der Waals surface area contributed by atoms with E-state index in [4.69, 9.17) is 47.9 Å². The second kappa shape index (κ2) is 27.2. The minimum atomic E-state index is -0.335. The van der Waals surface area contributed by atoms with Gasteiger partial charge in [-0.2, -0.15) is 5.26 Å². The van der Waals surface area contributed by atoms with Crippen LogP contribution in [0.4, 0.5) is 11.4 Å². The predicted octanol–water partition coefficient (Wildman–Crippen LogP) is 23.0. The average molecular weight is 1320 g/mol. The number of nitrogens with zero attached hydrogens (tertiary/aromatic N) is 5. The number of oxazole rings is 2. The first-order valence-electron chi connectivity index (χ1n) is 30.8. The Hall–Kier alpha value is -11.2. The SMILES string of the molecule is Clc1cc(Br)c2nc(-c3ccc(-c4ccccc4)cc3)oc2c1.[C-]#[N+]c1ccc(-c2ccc(-c3cc(-c4ccc(-c5ccc(C#N)cc5)cc4)c4nc(-c5ccc(-c6ccccc6)cc5)oc4c3)cc2)cc1.[C-]#[N+]c1ccc(-c2ccc(B3OC(C)(C)C(C)(C)O3)cc2)cc1. The summed E-state index contributed by atoms with van der Waals surface area (Å²) >= 11 is 9.52. The van der Waals surface area contributed by atoms with Crippen molar-refractivity contribution in [2.24, 2.45) is 0 Å². The van der Waals surface area contributed by atoms with Crippen LogP contribution < -0.4 is 5.46 Å². The molecular weight excluding hydrogens is 1260 g/mol. The zero-order valence-corrected chi connectivity index (χ0v) is 54.6. The Morgan fingerprint density at radius 3 is 1.15 bits per heavy atom. The van der Waals surface area contributed by atoms with Gasteiger partial charge in [-0.05, 0) is 176 Å². The minimum Gasteiger partial charge on any atom is -0.436 e. The van der Waals surface area contributed by atoms with Gasteiger partial charge in [-0.15, -0.1) is 0 Å². The van der Waals surface area contributed by atoms with E-state index in [9.17, 15) is 5.26 Å². The van der Waals surface area contributed by atoms with Gasteiger partial charge in [0.2, 0.25) is 11.8 Å². The van der Waals surface area contributed by atoms with Crippen LogP contribution in [0.15, 0.2) is 292 Å². The number of rotatable bonds is 10. The molecule has 3 heterocycles. The lowest BCUT2D eigenvalue weighted by molar-refractivity contribution is 0.00578. The molecule has 12 aromatic carbocycles. The second-order valence-corrected chi connectivity index (χ2v) is 25.2. The van der Waals surface area contributed by atoms with E-state index in [2.05, 4.69) is 198 Å². The molecule has 456 valence electrons. The maximum Gasteiger partial charge on any atom is 0.494 e. The van der Waals surface area contributed by atoms with Crippen LogP contribution in [-0.2, 0) is 9.31 Å². The molecule has 0 bridgehead atoms. The Bertz CT molecular complexity index is 5160. The van der Waals surface area contributed by atoms with Crippen molar-refractivity contribution in [1.82, 2.24) is 9.97 Å². The van der Waals surface area contributed by atoms with Gasteiger partial charge in [-0.25, -0.2) is 19.7 Å². The van der Waals surface area contributed by atoms with E-state index in [-0.39, 0.29) is 18.3 Å². The van der Waals surface area contributed by atoms with Gasteiger partial charge in [-0.1, -0.05) is 230 Å². The van der Waals surface area contributed by atoms with Crippen LogP contribution in [0.3, 0.4) is 0 Å². The van der Waals surface area contributed by atoms with Crippen molar-refractivity contribution < 1.29 is 18.1 Å². The Balaban J connectivity index is 0.000000147. The fraction of sp³-hybridized carbons (Fsp3) is 0.0723. The van der Waals surface area contributed by atoms with Crippen LogP contribution in [0, 0.1) is 24.5 Å². The van der Waals surface area contributed by atoms with Crippen molar-refractivity contribution in [2.75, 3.05) is 0 Å². The third-order valence-electron chi connectivity index (χ3n) is 17.2. The second-order valence-electron chi connectivity index (χ2n) is 23.9. The van der Waals surface area contributed by atoms with Crippen LogP contribution in [0.25, 0.3) is 133 Å². The molecule has 1 fully saturated rings. The van der Waals surface area contributed by atoms with Crippen molar-refractivity contribution in [2.45, 2.75) is 38.9 Å². The molecule has 0 amide bonds. The fourth-order valence-electron chi connectivity index (χ4n) is 11.2. The first-order chi connectivity index (χ1) is 46.2. The van der Waals surface area contributed by atoms with E-state index in [1.165, 1.54) is 5.56 Å². The van der Waals surface area contributed by atoms with Gasteiger partial charge < -0.3 is 18.1 Å². The van der Waals surface area contributed by atoms with Crippen LogP contribution in [0.1, 0.15) is 33.3 Å². The minimum absolute atomic E-state index is 0.327. The number of fused-ring (bicyclic) bond motifs is 2. The van der Waals surface area contributed by atoms with Gasteiger partial charge in [0.15, 0.2) is 22.5 Å². The Morgan fingerprint density at radius 1 is 0.400 bits per heavy atom. The maximum absolute atomic E-state index is 9.20. The molecule has 1 saturated heterocycles. The van der Waals surface area contributed by atoms with E-state index in [0.29, 0.717) is 44.9 Å². The largest absolute Gasteiger partial charge is 0.494 e. The molecule has 0 aliphatic carbocycles. The van der Waals surface area contributed by atoms with Gasteiger partial charge in [0.05, 0.1) is 36.0 Å². The Morgan fingerprint density at radius 2 is 0.737 bits per heavy atom. The van der Waals surface area contributed by atoms with Gasteiger partial charge >= 0.3 is 7.12 Å². The van der Waals surface area contributed by atoms with Crippen LogP contribution in [0.5, 0.6) is 0 Å². The number of aromatic nitrogens is 2. The zero-order chi connectivity index (χ0) is 65.6. The first-order valence-corrected chi connectivity index (χ1v) is 32.0. The number of halogens is 2. The van der Waals surface area contributed by atoms with E-state index >= 15 is 0 Å². The van der Waals surface area contributed by atoms with E-state index in [1.807, 2.05) is 140 Å². The number of hydrogen-bond donors (Lipinski definition) is 0. The highest BCUT2D eigenvalue weighted by Crippen LogP contribution is 2.40. The summed E-state index contributed by atoms with van der Waals surface area (Å²) in [6, 6.07) is 95.1. The van der Waals surface area contributed by atoms with Gasteiger partial charge in [0.25, 0.3) is 0 Å². The van der Waals surface area contributed by atoms with Gasteiger partial charge in [0.1, 0.15) is 11.0 Å².